The molecule has 1 aromatic heterocycles. The van der Waals surface area contributed by atoms with E-state index in [-0.39, 0.29) is 6.04 Å². The van der Waals surface area contributed by atoms with E-state index in [0.717, 1.165) is 36.1 Å². The van der Waals surface area contributed by atoms with Crippen LogP contribution in [0.2, 0.25) is 0 Å². The van der Waals surface area contributed by atoms with E-state index < -0.39 is 0 Å². The van der Waals surface area contributed by atoms with Crippen LogP contribution in [0.25, 0.3) is 0 Å². The van der Waals surface area contributed by atoms with Gasteiger partial charge in [-0.05, 0) is 50.2 Å². The zero-order valence-corrected chi connectivity index (χ0v) is 11.6. The van der Waals surface area contributed by atoms with Crippen LogP contribution in [0.3, 0.4) is 0 Å². The average Bonchev–Trinajstić information content (AvgIpc) is 2.28. The van der Waals surface area contributed by atoms with Crippen molar-refractivity contribution in [2.45, 2.75) is 52.2 Å². The van der Waals surface area contributed by atoms with Crippen molar-refractivity contribution in [2.24, 2.45) is 17.6 Å². The van der Waals surface area contributed by atoms with Gasteiger partial charge in [0.1, 0.15) is 5.75 Å². The highest BCUT2D eigenvalue weighted by atomic mass is 16.5. The molecule has 2 rings (SSSR count). The molecule has 1 fully saturated rings. The number of rotatable bonds is 3. The van der Waals surface area contributed by atoms with Gasteiger partial charge in [-0.1, -0.05) is 13.8 Å². The molecule has 1 saturated carbocycles. The van der Waals surface area contributed by atoms with Crippen molar-refractivity contribution in [3.05, 3.63) is 24.0 Å². The van der Waals surface area contributed by atoms with Crippen molar-refractivity contribution in [3.8, 4) is 5.75 Å². The SMILES string of the molecule is CC1CC(C)CC(Oc2ccc([C@@H](C)N)nc2)C1. The Kier molecular flexibility index (Phi) is 4.23. The molecule has 0 bridgehead atoms. The minimum absolute atomic E-state index is 0.0197. The molecule has 100 valence electrons. The molecule has 18 heavy (non-hydrogen) atoms. The van der Waals surface area contributed by atoms with Gasteiger partial charge in [0, 0.05) is 6.04 Å². The van der Waals surface area contributed by atoms with Gasteiger partial charge in [0.2, 0.25) is 0 Å². The van der Waals surface area contributed by atoms with Crippen molar-refractivity contribution in [2.75, 3.05) is 0 Å². The van der Waals surface area contributed by atoms with Gasteiger partial charge in [0.25, 0.3) is 0 Å². The maximum atomic E-state index is 6.03. The molecule has 1 aliphatic rings. The van der Waals surface area contributed by atoms with Gasteiger partial charge in [-0.25, -0.2) is 0 Å². The summed E-state index contributed by atoms with van der Waals surface area (Å²) in [5, 5.41) is 0. The number of pyridine rings is 1. The molecule has 2 N–H and O–H groups in total. The maximum Gasteiger partial charge on any atom is 0.138 e. The summed E-state index contributed by atoms with van der Waals surface area (Å²) in [5.74, 6) is 2.38. The predicted octanol–water partition coefficient (Wildman–Crippen LogP) is 3.30. The van der Waals surface area contributed by atoms with Gasteiger partial charge in [-0.3, -0.25) is 4.98 Å². The first-order chi connectivity index (χ1) is 8.54. The smallest absolute Gasteiger partial charge is 0.138 e. The summed E-state index contributed by atoms with van der Waals surface area (Å²) in [4.78, 5) is 4.33. The fraction of sp³-hybridized carbons (Fsp3) is 0.667. The van der Waals surface area contributed by atoms with Crippen molar-refractivity contribution in [1.29, 1.82) is 0 Å². The van der Waals surface area contributed by atoms with Crippen molar-refractivity contribution in [3.63, 3.8) is 0 Å². The van der Waals surface area contributed by atoms with Crippen molar-refractivity contribution in [1.82, 2.24) is 4.98 Å². The van der Waals surface area contributed by atoms with Crippen LogP contribution in [0.4, 0.5) is 0 Å². The molecular weight excluding hydrogens is 224 g/mol. The summed E-state index contributed by atoms with van der Waals surface area (Å²) in [6, 6.07) is 3.92. The van der Waals surface area contributed by atoms with Crippen LogP contribution in [-0.4, -0.2) is 11.1 Å². The molecule has 2 unspecified atom stereocenters. The first kappa shape index (κ1) is 13.3. The lowest BCUT2D eigenvalue weighted by atomic mass is 9.82. The zero-order chi connectivity index (χ0) is 13.1. The molecule has 0 aliphatic heterocycles. The standard InChI is InChI=1S/C15H24N2O/c1-10-6-11(2)8-14(7-10)18-13-4-5-15(12(3)16)17-9-13/h4-5,9-12,14H,6-8,16H2,1-3H3/t10?,11?,12-,14?/m1/s1. The molecule has 0 amide bonds. The number of nitrogens with two attached hydrogens (primary N) is 1. The highest BCUT2D eigenvalue weighted by molar-refractivity contribution is 5.21. The molecule has 3 heteroatoms. The molecular formula is C15H24N2O. The number of nitrogens with zero attached hydrogens (tertiary/aromatic N) is 1. The molecule has 0 saturated heterocycles. The van der Waals surface area contributed by atoms with E-state index in [9.17, 15) is 0 Å². The van der Waals surface area contributed by atoms with Gasteiger partial charge >= 0.3 is 0 Å². The van der Waals surface area contributed by atoms with Crippen LogP contribution in [0.5, 0.6) is 5.75 Å². The third kappa shape index (κ3) is 3.45. The fourth-order valence-corrected chi connectivity index (χ4v) is 2.89. The summed E-state index contributed by atoms with van der Waals surface area (Å²) in [6.07, 6.45) is 5.76. The molecule has 0 spiro atoms. The second-order valence-corrected chi connectivity index (χ2v) is 5.86. The van der Waals surface area contributed by atoms with Crippen LogP contribution >= 0.6 is 0 Å². The maximum absolute atomic E-state index is 6.03. The second-order valence-electron chi connectivity index (χ2n) is 5.86. The molecule has 0 radical (unpaired) electrons. The van der Waals surface area contributed by atoms with Crippen LogP contribution in [-0.2, 0) is 0 Å². The third-order valence-electron chi connectivity index (χ3n) is 3.66. The van der Waals surface area contributed by atoms with Crippen LogP contribution in [0, 0.1) is 11.8 Å². The Labute approximate surface area is 110 Å². The van der Waals surface area contributed by atoms with Crippen molar-refractivity contribution >= 4 is 0 Å². The van der Waals surface area contributed by atoms with Gasteiger partial charge in [0.05, 0.1) is 18.0 Å². The van der Waals surface area contributed by atoms with E-state index in [1.165, 1.54) is 6.42 Å². The summed E-state index contributed by atoms with van der Waals surface area (Å²) < 4.78 is 6.03. The lowest BCUT2D eigenvalue weighted by Gasteiger charge is -2.31. The Bertz CT molecular complexity index is 365. The topological polar surface area (TPSA) is 48.1 Å². The van der Waals surface area contributed by atoms with Gasteiger partial charge in [-0.2, -0.15) is 0 Å². The predicted molar refractivity (Wildman–Crippen MR) is 73.4 cm³/mol. The lowest BCUT2D eigenvalue weighted by Crippen LogP contribution is -2.28. The van der Waals surface area contributed by atoms with Crippen LogP contribution < -0.4 is 10.5 Å². The summed E-state index contributed by atoms with van der Waals surface area (Å²) in [5.41, 5.74) is 6.69. The fourth-order valence-electron chi connectivity index (χ4n) is 2.89. The monoisotopic (exact) mass is 248 g/mol. The highest BCUT2D eigenvalue weighted by Gasteiger charge is 2.25. The first-order valence-corrected chi connectivity index (χ1v) is 6.92. The van der Waals surface area contributed by atoms with E-state index in [2.05, 4.69) is 18.8 Å². The largest absolute Gasteiger partial charge is 0.489 e. The number of ether oxygens (including phenoxy) is 1. The second kappa shape index (κ2) is 5.70. The lowest BCUT2D eigenvalue weighted by molar-refractivity contribution is 0.101. The Morgan fingerprint density at radius 2 is 1.89 bits per heavy atom. The van der Waals surface area contributed by atoms with E-state index in [4.69, 9.17) is 10.5 Å². The Hall–Kier alpha value is -1.09. The van der Waals surface area contributed by atoms with E-state index in [0.29, 0.717) is 6.10 Å². The van der Waals surface area contributed by atoms with Crippen LogP contribution in [0.1, 0.15) is 51.8 Å². The zero-order valence-electron chi connectivity index (χ0n) is 11.6. The van der Waals surface area contributed by atoms with Gasteiger partial charge in [-0.15, -0.1) is 0 Å². The Morgan fingerprint density at radius 1 is 1.22 bits per heavy atom. The average molecular weight is 248 g/mol. The quantitative estimate of drug-likeness (QED) is 0.892. The Balaban J connectivity index is 1.96. The number of hydrogen-bond donors (Lipinski definition) is 1. The normalized spacial score (nSPS) is 29.9. The molecule has 3 atom stereocenters. The summed E-state index contributed by atoms with van der Waals surface area (Å²) >= 11 is 0. The Morgan fingerprint density at radius 3 is 2.39 bits per heavy atom. The molecule has 1 heterocycles. The van der Waals surface area contributed by atoms with E-state index in [1.54, 1.807) is 6.20 Å². The summed E-state index contributed by atoms with van der Waals surface area (Å²) in [7, 11) is 0. The summed E-state index contributed by atoms with van der Waals surface area (Å²) in [6.45, 7) is 6.56. The van der Waals surface area contributed by atoms with E-state index >= 15 is 0 Å². The van der Waals surface area contributed by atoms with Gasteiger partial charge < -0.3 is 10.5 Å². The first-order valence-electron chi connectivity index (χ1n) is 6.92. The minimum Gasteiger partial charge on any atom is -0.489 e. The molecule has 3 nitrogen and oxygen atoms in total. The molecule has 0 aromatic carbocycles. The van der Waals surface area contributed by atoms with Crippen LogP contribution in [0.15, 0.2) is 18.3 Å². The number of hydrogen-bond acceptors (Lipinski definition) is 3. The molecule has 1 aliphatic carbocycles. The third-order valence-corrected chi connectivity index (χ3v) is 3.66. The number of aromatic nitrogens is 1. The van der Waals surface area contributed by atoms with Gasteiger partial charge in [0.15, 0.2) is 0 Å². The highest BCUT2D eigenvalue weighted by Crippen LogP contribution is 2.31. The van der Waals surface area contributed by atoms with E-state index in [1.807, 2.05) is 19.1 Å². The minimum atomic E-state index is -0.0197. The molecule has 1 aromatic rings. The van der Waals surface area contributed by atoms with Crippen molar-refractivity contribution < 1.29 is 4.74 Å².